The van der Waals surface area contributed by atoms with E-state index in [1.807, 2.05) is 24.3 Å². The van der Waals surface area contributed by atoms with E-state index >= 15 is 0 Å². The third kappa shape index (κ3) is 2.79. The molecule has 0 aliphatic carbocycles. The van der Waals surface area contributed by atoms with Gasteiger partial charge in [-0.1, -0.05) is 42.5 Å². The molecule has 106 valence electrons. The second-order valence-electron chi connectivity index (χ2n) is 4.86. The Balaban J connectivity index is 1.80. The largest absolute Gasteiger partial charge is 0.491 e. The van der Waals surface area contributed by atoms with Crippen molar-refractivity contribution in [2.24, 2.45) is 0 Å². The van der Waals surface area contributed by atoms with E-state index in [0.717, 1.165) is 0 Å². The molecule has 0 atom stereocenters. The zero-order chi connectivity index (χ0) is 14.7. The fourth-order valence-electron chi connectivity index (χ4n) is 2.35. The van der Waals surface area contributed by atoms with Crippen molar-refractivity contribution in [1.29, 1.82) is 0 Å². The van der Waals surface area contributed by atoms with Crippen LogP contribution in [0.1, 0.15) is 20.7 Å². The number of carbonyl (C=O) groups is 2. The number of ketones is 1. The van der Waals surface area contributed by atoms with Gasteiger partial charge < -0.3 is 9.64 Å². The van der Waals surface area contributed by atoms with E-state index in [0.29, 0.717) is 30.0 Å². The van der Waals surface area contributed by atoms with Crippen LogP contribution in [0, 0.1) is 0 Å². The molecule has 1 amide bonds. The number of nitrogens with zero attached hydrogens (tertiary/aromatic N) is 1. The maximum Gasteiger partial charge on any atom is 0.258 e. The molecular formula is C17H15NO3. The maximum absolute atomic E-state index is 12.5. The number of rotatable bonds is 3. The Morgan fingerprint density at radius 2 is 1.76 bits per heavy atom. The molecule has 1 aliphatic heterocycles. The summed E-state index contributed by atoms with van der Waals surface area (Å²) in [7, 11) is 0. The van der Waals surface area contributed by atoms with Crippen LogP contribution in [0.5, 0.6) is 5.75 Å². The maximum atomic E-state index is 12.5. The summed E-state index contributed by atoms with van der Waals surface area (Å²) in [5.74, 6) is 0.355. The van der Waals surface area contributed by atoms with Gasteiger partial charge in [0.2, 0.25) is 0 Å². The van der Waals surface area contributed by atoms with Crippen LogP contribution in [0.4, 0.5) is 0 Å². The number of hydrogen-bond donors (Lipinski definition) is 0. The number of carbonyl (C=O) groups excluding carboxylic acids is 2. The molecule has 1 aliphatic rings. The second-order valence-corrected chi connectivity index (χ2v) is 4.86. The second kappa shape index (κ2) is 5.79. The molecule has 1 heterocycles. The number of amides is 1. The van der Waals surface area contributed by atoms with Crippen LogP contribution in [-0.2, 0) is 0 Å². The van der Waals surface area contributed by atoms with Gasteiger partial charge in [0, 0.05) is 5.56 Å². The number of fused-ring (bicyclic) bond motifs is 1. The standard InChI is InChI=1S/C17H15NO3/c19-15(13-6-2-1-3-7-13)12-18-10-11-21-16-9-5-4-8-14(16)17(18)20/h1-9H,10-12H2. The zero-order valence-corrected chi connectivity index (χ0v) is 11.5. The first-order valence-electron chi connectivity index (χ1n) is 6.85. The number of benzene rings is 2. The zero-order valence-electron chi connectivity index (χ0n) is 11.5. The fourth-order valence-corrected chi connectivity index (χ4v) is 2.35. The molecule has 0 bridgehead atoms. The van der Waals surface area contributed by atoms with Crippen molar-refractivity contribution in [3.8, 4) is 5.75 Å². The minimum Gasteiger partial charge on any atom is -0.491 e. The monoisotopic (exact) mass is 281 g/mol. The Morgan fingerprint density at radius 3 is 2.57 bits per heavy atom. The van der Waals surface area contributed by atoms with Gasteiger partial charge >= 0.3 is 0 Å². The summed E-state index contributed by atoms with van der Waals surface area (Å²) in [5, 5.41) is 0. The van der Waals surface area contributed by atoms with Crippen molar-refractivity contribution in [3.63, 3.8) is 0 Å². The minimum atomic E-state index is -0.160. The van der Waals surface area contributed by atoms with Gasteiger partial charge in [-0.3, -0.25) is 9.59 Å². The average molecular weight is 281 g/mol. The van der Waals surface area contributed by atoms with E-state index < -0.39 is 0 Å². The van der Waals surface area contributed by atoms with Crippen LogP contribution >= 0.6 is 0 Å². The van der Waals surface area contributed by atoms with Crippen molar-refractivity contribution in [1.82, 2.24) is 4.90 Å². The predicted octanol–water partition coefficient (Wildman–Crippen LogP) is 2.40. The summed E-state index contributed by atoms with van der Waals surface area (Å²) in [6.07, 6.45) is 0. The van der Waals surface area contributed by atoms with Gasteiger partial charge in [0.25, 0.3) is 5.91 Å². The summed E-state index contributed by atoms with van der Waals surface area (Å²) < 4.78 is 5.56. The Hall–Kier alpha value is -2.62. The fraction of sp³-hybridized carbons (Fsp3) is 0.176. The van der Waals surface area contributed by atoms with Crippen molar-refractivity contribution >= 4 is 11.7 Å². The molecule has 0 saturated heterocycles. The van der Waals surface area contributed by atoms with E-state index in [2.05, 4.69) is 0 Å². The quantitative estimate of drug-likeness (QED) is 0.812. The molecule has 4 nitrogen and oxygen atoms in total. The molecule has 0 radical (unpaired) electrons. The highest BCUT2D eigenvalue weighted by Gasteiger charge is 2.24. The number of para-hydroxylation sites is 1. The lowest BCUT2D eigenvalue weighted by Gasteiger charge is -2.18. The van der Waals surface area contributed by atoms with Crippen molar-refractivity contribution in [2.45, 2.75) is 0 Å². The van der Waals surface area contributed by atoms with Crippen molar-refractivity contribution in [2.75, 3.05) is 19.7 Å². The lowest BCUT2D eigenvalue weighted by atomic mass is 10.1. The molecule has 0 N–H and O–H groups in total. The van der Waals surface area contributed by atoms with Crippen LogP contribution in [0.25, 0.3) is 0 Å². The van der Waals surface area contributed by atoms with Crippen molar-refractivity contribution < 1.29 is 14.3 Å². The van der Waals surface area contributed by atoms with Gasteiger partial charge in [-0.15, -0.1) is 0 Å². The normalized spacial score (nSPS) is 14.1. The Labute approximate surface area is 123 Å². The van der Waals surface area contributed by atoms with E-state index in [9.17, 15) is 9.59 Å². The Kier molecular flexibility index (Phi) is 3.69. The molecule has 21 heavy (non-hydrogen) atoms. The molecule has 2 aromatic rings. The summed E-state index contributed by atoms with van der Waals surface area (Å²) in [6.45, 7) is 0.872. The first kappa shape index (κ1) is 13.4. The topological polar surface area (TPSA) is 46.6 Å². The SMILES string of the molecule is O=C(CN1CCOc2ccccc2C1=O)c1ccccc1. The lowest BCUT2D eigenvalue weighted by molar-refractivity contribution is 0.0708. The smallest absolute Gasteiger partial charge is 0.258 e. The molecule has 2 aromatic carbocycles. The Bertz CT molecular complexity index is 667. The van der Waals surface area contributed by atoms with Crippen LogP contribution in [0.15, 0.2) is 54.6 Å². The van der Waals surface area contributed by atoms with Crippen LogP contribution in [0.2, 0.25) is 0 Å². The summed E-state index contributed by atoms with van der Waals surface area (Å²) in [6, 6.07) is 16.1. The molecule has 3 rings (SSSR count). The number of hydrogen-bond acceptors (Lipinski definition) is 3. The van der Waals surface area contributed by atoms with E-state index in [4.69, 9.17) is 4.74 Å². The molecule has 0 aromatic heterocycles. The highest BCUT2D eigenvalue weighted by molar-refractivity contribution is 6.03. The Morgan fingerprint density at radius 1 is 1.05 bits per heavy atom. The number of Topliss-reactive ketones (excluding diaryl/α,β-unsaturated/α-hetero) is 1. The summed E-state index contributed by atoms with van der Waals surface area (Å²) in [5.41, 5.74) is 1.12. The van der Waals surface area contributed by atoms with Gasteiger partial charge in [-0.25, -0.2) is 0 Å². The van der Waals surface area contributed by atoms with Gasteiger partial charge in [0.15, 0.2) is 5.78 Å². The first-order valence-corrected chi connectivity index (χ1v) is 6.85. The van der Waals surface area contributed by atoms with Crippen LogP contribution < -0.4 is 4.74 Å². The van der Waals surface area contributed by atoms with E-state index in [1.54, 1.807) is 35.2 Å². The predicted molar refractivity (Wildman–Crippen MR) is 78.6 cm³/mol. The summed E-state index contributed by atoms with van der Waals surface area (Å²) in [4.78, 5) is 26.3. The van der Waals surface area contributed by atoms with E-state index in [1.165, 1.54) is 0 Å². The third-order valence-electron chi connectivity index (χ3n) is 3.45. The minimum absolute atomic E-state index is 0.0664. The first-order chi connectivity index (χ1) is 10.3. The van der Waals surface area contributed by atoms with Crippen LogP contribution in [0.3, 0.4) is 0 Å². The summed E-state index contributed by atoms with van der Waals surface area (Å²) >= 11 is 0. The van der Waals surface area contributed by atoms with E-state index in [-0.39, 0.29) is 18.2 Å². The average Bonchev–Trinajstić information content (AvgIpc) is 2.69. The van der Waals surface area contributed by atoms with Crippen LogP contribution in [-0.4, -0.2) is 36.3 Å². The van der Waals surface area contributed by atoms with Crippen molar-refractivity contribution in [3.05, 3.63) is 65.7 Å². The third-order valence-corrected chi connectivity index (χ3v) is 3.45. The van der Waals surface area contributed by atoms with Gasteiger partial charge in [0.1, 0.15) is 12.4 Å². The van der Waals surface area contributed by atoms with Gasteiger partial charge in [-0.2, -0.15) is 0 Å². The highest BCUT2D eigenvalue weighted by Crippen LogP contribution is 2.22. The number of ether oxygens (including phenoxy) is 1. The molecular weight excluding hydrogens is 266 g/mol. The van der Waals surface area contributed by atoms with Gasteiger partial charge in [0.05, 0.1) is 18.7 Å². The molecule has 0 unspecified atom stereocenters. The molecule has 4 heteroatoms. The highest BCUT2D eigenvalue weighted by atomic mass is 16.5. The molecule has 0 fully saturated rings. The van der Waals surface area contributed by atoms with Gasteiger partial charge in [-0.05, 0) is 12.1 Å². The molecule has 0 spiro atoms. The lowest BCUT2D eigenvalue weighted by Crippen LogP contribution is -2.36. The molecule has 0 saturated carbocycles.